The molecule has 7 heteroatoms. The molecule has 1 N–H and O–H groups in total. The van der Waals surface area contributed by atoms with Crippen molar-refractivity contribution in [2.45, 2.75) is 4.90 Å². The van der Waals surface area contributed by atoms with E-state index in [0.717, 1.165) is 6.20 Å². The van der Waals surface area contributed by atoms with Crippen LogP contribution in [0.1, 0.15) is 10.5 Å². The molecule has 0 spiro atoms. The van der Waals surface area contributed by atoms with Crippen LogP contribution >= 0.6 is 0 Å². The number of sulfonamides is 1. The van der Waals surface area contributed by atoms with E-state index in [1.165, 1.54) is 11.7 Å². The molecule has 0 saturated carbocycles. The van der Waals surface area contributed by atoms with Crippen LogP contribution in [0.25, 0.3) is 0 Å². The number of rotatable bonds is 0. The van der Waals surface area contributed by atoms with Crippen molar-refractivity contribution in [3.05, 3.63) is 11.9 Å². The fourth-order valence-electron chi connectivity index (χ4n) is 1.10. The van der Waals surface area contributed by atoms with Crippen LogP contribution < -0.4 is 4.72 Å². The smallest absolute Gasteiger partial charge is 0.266 e. The standard InChI is InChI=1S/C5H5N3O3S/c1-8-4-3(2-6-8)12(10,11)7-5(4)9/h2H,1H3,(H,7,9). The predicted molar refractivity (Wildman–Crippen MR) is 37.9 cm³/mol. The minimum Gasteiger partial charge on any atom is -0.266 e. The Labute approximate surface area is 68.2 Å². The maximum absolute atomic E-state index is 11.1. The molecule has 12 heavy (non-hydrogen) atoms. The topological polar surface area (TPSA) is 81.1 Å². The zero-order valence-electron chi connectivity index (χ0n) is 6.10. The van der Waals surface area contributed by atoms with E-state index < -0.39 is 15.9 Å². The first-order chi connectivity index (χ1) is 5.52. The largest absolute Gasteiger partial charge is 0.284 e. The molecule has 2 rings (SSSR count). The number of aryl methyl sites for hydroxylation is 1. The maximum atomic E-state index is 11.1. The highest BCUT2D eigenvalue weighted by Crippen LogP contribution is 2.20. The Morgan fingerprint density at radius 2 is 2.25 bits per heavy atom. The van der Waals surface area contributed by atoms with Gasteiger partial charge in [-0.2, -0.15) is 5.10 Å². The first kappa shape index (κ1) is 7.29. The molecule has 6 nitrogen and oxygen atoms in total. The van der Waals surface area contributed by atoms with Gasteiger partial charge in [-0.15, -0.1) is 0 Å². The normalized spacial score (nSPS) is 18.9. The van der Waals surface area contributed by atoms with Crippen molar-refractivity contribution in [3.63, 3.8) is 0 Å². The summed E-state index contributed by atoms with van der Waals surface area (Å²) in [5.74, 6) is -0.620. The number of hydrogen-bond acceptors (Lipinski definition) is 4. The predicted octanol–water partition coefficient (Wildman–Crippen LogP) is -1.15. The van der Waals surface area contributed by atoms with Crippen LogP contribution in [-0.4, -0.2) is 24.1 Å². The zero-order chi connectivity index (χ0) is 8.93. The molecular weight excluding hydrogens is 182 g/mol. The first-order valence-electron chi connectivity index (χ1n) is 3.11. The Morgan fingerprint density at radius 3 is 2.83 bits per heavy atom. The van der Waals surface area contributed by atoms with E-state index in [0.29, 0.717) is 0 Å². The van der Waals surface area contributed by atoms with Crippen LogP contribution in [0, 0.1) is 0 Å². The molecule has 0 fully saturated rings. The highest BCUT2D eigenvalue weighted by Gasteiger charge is 2.35. The van der Waals surface area contributed by atoms with Crippen molar-refractivity contribution >= 4 is 15.9 Å². The summed E-state index contributed by atoms with van der Waals surface area (Å²) in [6.07, 6.45) is 1.16. The SMILES string of the molecule is Cn1ncc2c1C(=O)NS2(=O)=O. The van der Waals surface area contributed by atoms with Gasteiger partial charge in [0.2, 0.25) is 0 Å². The lowest BCUT2D eigenvalue weighted by molar-refractivity contribution is 0.0976. The van der Waals surface area contributed by atoms with Crippen LogP contribution in [-0.2, 0) is 17.1 Å². The van der Waals surface area contributed by atoms with Gasteiger partial charge in [0.1, 0.15) is 10.6 Å². The maximum Gasteiger partial charge on any atom is 0.284 e. The molecule has 1 aliphatic rings. The van der Waals surface area contributed by atoms with Crippen molar-refractivity contribution < 1.29 is 13.2 Å². The molecule has 0 saturated heterocycles. The van der Waals surface area contributed by atoms with Gasteiger partial charge in [0.15, 0.2) is 0 Å². The third kappa shape index (κ3) is 0.708. The Hall–Kier alpha value is -1.37. The Bertz CT molecular complexity index is 458. The number of carbonyl (C=O) groups excluding carboxylic acids is 1. The fraction of sp³-hybridized carbons (Fsp3) is 0.200. The van der Waals surface area contributed by atoms with Crippen molar-refractivity contribution in [3.8, 4) is 0 Å². The van der Waals surface area contributed by atoms with Crippen LogP contribution in [0.15, 0.2) is 11.1 Å². The summed E-state index contributed by atoms with van der Waals surface area (Å²) in [5.41, 5.74) is 0.0926. The van der Waals surface area contributed by atoms with E-state index in [9.17, 15) is 13.2 Å². The van der Waals surface area contributed by atoms with Crippen LogP contribution in [0.5, 0.6) is 0 Å². The second-order valence-corrected chi connectivity index (χ2v) is 4.07. The number of amides is 1. The third-order valence-corrected chi connectivity index (χ3v) is 2.97. The van der Waals surface area contributed by atoms with Gasteiger partial charge in [-0.25, -0.2) is 13.1 Å². The monoisotopic (exact) mass is 187 g/mol. The van der Waals surface area contributed by atoms with Gasteiger partial charge < -0.3 is 0 Å². The van der Waals surface area contributed by atoms with E-state index in [-0.39, 0.29) is 10.6 Å². The van der Waals surface area contributed by atoms with Gasteiger partial charge in [-0.05, 0) is 0 Å². The average molecular weight is 187 g/mol. The van der Waals surface area contributed by atoms with Gasteiger partial charge in [-0.1, -0.05) is 0 Å². The second kappa shape index (κ2) is 1.86. The Morgan fingerprint density at radius 1 is 1.58 bits per heavy atom. The molecule has 0 bridgehead atoms. The quantitative estimate of drug-likeness (QED) is 0.556. The second-order valence-electron chi connectivity index (χ2n) is 2.42. The summed E-state index contributed by atoms with van der Waals surface area (Å²) in [7, 11) is -2.10. The zero-order valence-corrected chi connectivity index (χ0v) is 6.92. The lowest BCUT2D eigenvalue weighted by Crippen LogP contribution is -2.22. The van der Waals surface area contributed by atoms with Crippen LogP contribution in [0.3, 0.4) is 0 Å². The van der Waals surface area contributed by atoms with Gasteiger partial charge in [0, 0.05) is 7.05 Å². The molecule has 1 amide bonds. The van der Waals surface area contributed by atoms with Crippen LogP contribution in [0.4, 0.5) is 0 Å². The number of fused-ring (bicyclic) bond motifs is 1. The number of nitrogens with zero attached hydrogens (tertiary/aromatic N) is 2. The summed E-state index contributed by atoms with van der Waals surface area (Å²) in [5, 5.41) is 3.66. The van der Waals surface area contributed by atoms with Crippen molar-refractivity contribution in [1.29, 1.82) is 0 Å². The summed E-state index contributed by atoms with van der Waals surface area (Å²) < 4.78 is 25.3. The molecule has 0 radical (unpaired) electrons. The third-order valence-electron chi connectivity index (χ3n) is 1.64. The van der Waals surface area contributed by atoms with Gasteiger partial charge in [0.25, 0.3) is 15.9 Å². The van der Waals surface area contributed by atoms with Gasteiger partial charge in [0.05, 0.1) is 6.20 Å². The molecule has 64 valence electrons. The lowest BCUT2D eigenvalue weighted by Gasteiger charge is -1.92. The van der Waals surface area contributed by atoms with E-state index in [1.807, 2.05) is 4.72 Å². The molecule has 1 aromatic rings. The van der Waals surface area contributed by atoms with E-state index >= 15 is 0 Å². The summed E-state index contributed by atoms with van der Waals surface area (Å²) in [6.45, 7) is 0. The molecule has 0 aliphatic carbocycles. The summed E-state index contributed by atoms with van der Waals surface area (Å²) >= 11 is 0. The number of hydrogen-bond donors (Lipinski definition) is 1. The number of carbonyl (C=O) groups is 1. The minimum absolute atomic E-state index is 0.0463. The van der Waals surface area contributed by atoms with Crippen molar-refractivity contribution in [2.75, 3.05) is 0 Å². The lowest BCUT2D eigenvalue weighted by atomic mass is 10.4. The molecule has 1 aliphatic heterocycles. The van der Waals surface area contributed by atoms with E-state index in [4.69, 9.17) is 0 Å². The van der Waals surface area contributed by atoms with E-state index in [1.54, 1.807) is 0 Å². The molecule has 0 atom stereocenters. The van der Waals surface area contributed by atoms with Gasteiger partial charge >= 0.3 is 0 Å². The molecule has 0 unspecified atom stereocenters. The first-order valence-corrected chi connectivity index (χ1v) is 4.60. The fourth-order valence-corrected chi connectivity index (χ4v) is 2.21. The summed E-state index contributed by atoms with van der Waals surface area (Å²) in [4.78, 5) is 11.0. The molecular formula is C5H5N3O3S. The molecule has 2 heterocycles. The number of nitrogens with one attached hydrogen (secondary N) is 1. The Kier molecular flexibility index (Phi) is 1.13. The van der Waals surface area contributed by atoms with Crippen LogP contribution in [0.2, 0.25) is 0 Å². The van der Waals surface area contributed by atoms with Crippen molar-refractivity contribution in [1.82, 2.24) is 14.5 Å². The average Bonchev–Trinajstić information content (AvgIpc) is 2.38. The van der Waals surface area contributed by atoms with Gasteiger partial charge in [-0.3, -0.25) is 9.48 Å². The number of aromatic nitrogens is 2. The molecule has 0 aromatic carbocycles. The minimum atomic E-state index is -3.62. The molecule has 1 aromatic heterocycles. The van der Waals surface area contributed by atoms with Crippen molar-refractivity contribution in [2.24, 2.45) is 7.05 Å². The Balaban J connectivity index is 2.85. The highest BCUT2D eigenvalue weighted by atomic mass is 32.2. The highest BCUT2D eigenvalue weighted by molar-refractivity contribution is 7.90. The van der Waals surface area contributed by atoms with E-state index in [2.05, 4.69) is 5.10 Å². The summed E-state index contributed by atoms with van der Waals surface area (Å²) in [6, 6.07) is 0.